The molecule has 0 saturated carbocycles. The van der Waals surface area contributed by atoms with Gasteiger partial charge in [0, 0.05) is 0 Å². The molecule has 0 aliphatic carbocycles. The minimum absolute atomic E-state index is 1.23. The molecule has 1 atom stereocenters. The normalized spacial score (nSPS) is 13.5. The van der Waals surface area contributed by atoms with E-state index >= 15 is 0 Å². The fraction of sp³-hybridized carbons (Fsp3) is 0.189. The highest BCUT2D eigenvalue weighted by Gasteiger charge is 2.50. The van der Waals surface area contributed by atoms with Gasteiger partial charge in [0.2, 0.25) is 0 Å². The van der Waals surface area contributed by atoms with Crippen molar-refractivity contribution in [3.05, 3.63) is 157 Å². The van der Waals surface area contributed by atoms with Crippen LogP contribution in [0.2, 0.25) is 31.7 Å². The summed E-state index contributed by atoms with van der Waals surface area (Å²) in [5.41, 5.74) is 1.51. The monoisotopic (exact) mass is 570 g/mol. The molecule has 0 aliphatic rings. The van der Waals surface area contributed by atoms with E-state index in [9.17, 15) is 0 Å². The average molecular weight is 571 g/mol. The van der Waals surface area contributed by atoms with E-state index in [4.69, 9.17) is 0 Å². The SMILES string of the molecule is C[Si](CCC[Si](C)(Cc1ccccc1)[Si](C)(c1ccccc1)c1ccccc1)(c1ccccc1)c1ccccc1. The minimum atomic E-state index is -2.04. The molecule has 0 aliphatic heterocycles. The molecule has 0 fully saturated rings. The van der Waals surface area contributed by atoms with Crippen LogP contribution in [0.5, 0.6) is 0 Å². The molecule has 1 unspecified atom stereocenters. The minimum Gasteiger partial charge on any atom is -0.0702 e. The highest BCUT2D eigenvalue weighted by atomic mass is 29.3. The van der Waals surface area contributed by atoms with E-state index in [0.717, 1.165) is 0 Å². The fourth-order valence-corrected chi connectivity index (χ4v) is 26.3. The Balaban J connectivity index is 1.56. The molecule has 0 bridgehead atoms. The zero-order valence-corrected chi connectivity index (χ0v) is 27.3. The Hall–Kier alpha value is -3.25. The van der Waals surface area contributed by atoms with Gasteiger partial charge in [-0.2, -0.15) is 0 Å². The van der Waals surface area contributed by atoms with E-state index in [1.165, 1.54) is 30.1 Å². The van der Waals surface area contributed by atoms with Crippen LogP contribution in [0.25, 0.3) is 0 Å². The van der Waals surface area contributed by atoms with Crippen LogP contribution in [-0.4, -0.2) is 23.3 Å². The Bertz CT molecular complexity index is 1380. The second kappa shape index (κ2) is 12.5. The lowest BCUT2D eigenvalue weighted by molar-refractivity contribution is 1.02. The second-order valence-electron chi connectivity index (χ2n) is 12.0. The summed E-state index contributed by atoms with van der Waals surface area (Å²) in [4.78, 5) is 0. The van der Waals surface area contributed by atoms with Crippen molar-refractivity contribution in [1.82, 2.24) is 0 Å². The first kappa shape index (κ1) is 28.3. The van der Waals surface area contributed by atoms with Crippen molar-refractivity contribution in [2.75, 3.05) is 0 Å². The lowest BCUT2D eigenvalue weighted by Crippen LogP contribution is -2.74. The Kier molecular flexibility index (Phi) is 8.84. The third-order valence-electron chi connectivity index (χ3n) is 9.57. The summed E-state index contributed by atoms with van der Waals surface area (Å²) in [7, 11) is -5.78. The lowest BCUT2D eigenvalue weighted by atomic mass is 10.2. The number of benzene rings is 5. The molecule has 5 aromatic rings. The molecule has 5 aromatic carbocycles. The van der Waals surface area contributed by atoms with Crippen LogP contribution in [0.1, 0.15) is 12.0 Å². The van der Waals surface area contributed by atoms with E-state index in [1.807, 2.05) is 0 Å². The second-order valence-corrected chi connectivity index (χ2v) is 30.3. The molecule has 0 aromatic heterocycles. The quantitative estimate of drug-likeness (QED) is 0.149. The van der Waals surface area contributed by atoms with Gasteiger partial charge in [-0.05, 0) is 12.1 Å². The van der Waals surface area contributed by atoms with Crippen molar-refractivity contribution in [2.45, 2.75) is 44.2 Å². The Morgan fingerprint density at radius 3 is 1.15 bits per heavy atom. The summed E-state index contributed by atoms with van der Waals surface area (Å²) in [6.45, 7) is 8.03. The van der Waals surface area contributed by atoms with E-state index in [0.29, 0.717) is 0 Å². The largest absolute Gasteiger partial charge is 0.115 e. The molecule has 5 rings (SSSR count). The smallest absolute Gasteiger partial charge is 0.0702 e. The molecular weight excluding hydrogens is 529 g/mol. The van der Waals surface area contributed by atoms with Gasteiger partial charge in [-0.3, -0.25) is 0 Å². The average Bonchev–Trinajstić information content (AvgIpc) is 3.02. The first-order valence-corrected chi connectivity index (χ1v) is 23.8. The molecule has 0 nitrogen and oxygen atoms in total. The van der Waals surface area contributed by atoms with Crippen molar-refractivity contribution in [3.63, 3.8) is 0 Å². The third kappa shape index (κ3) is 5.78. The van der Waals surface area contributed by atoms with Gasteiger partial charge >= 0.3 is 0 Å². The lowest BCUT2D eigenvalue weighted by Gasteiger charge is -2.45. The van der Waals surface area contributed by atoms with E-state index in [2.05, 4.69) is 171 Å². The Labute approximate surface area is 244 Å². The summed E-state index contributed by atoms with van der Waals surface area (Å²) in [6, 6.07) is 61.1. The summed E-state index contributed by atoms with van der Waals surface area (Å²) >= 11 is 0. The highest BCUT2D eigenvalue weighted by Crippen LogP contribution is 2.31. The van der Waals surface area contributed by atoms with Crippen LogP contribution in [0, 0.1) is 0 Å². The van der Waals surface area contributed by atoms with Gasteiger partial charge in [-0.15, -0.1) is 0 Å². The molecule has 40 heavy (non-hydrogen) atoms. The number of rotatable bonds is 11. The molecule has 0 heterocycles. The number of hydrogen-bond acceptors (Lipinski definition) is 0. The molecule has 3 heteroatoms. The first-order chi connectivity index (χ1) is 19.5. The maximum atomic E-state index is 2.75. The van der Waals surface area contributed by atoms with Crippen molar-refractivity contribution >= 4 is 44.0 Å². The zero-order chi connectivity index (χ0) is 27.9. The predicted molar refractivity (Wildman–Crippen MR) is 184 cm³/mol. The molecular formula is C37H42Si3. The molecule has 202 valence electrons. The van der Waals surface area contributed by atoms with Gasteiger partial charge in [-0.1, -0.05) is 210 Å². The van der Waals surface area contributed by atoms with Gasteiger partial charge in [0.25, 0.3) is 0 Å². The van der Waals surface area contributed by atoms with Crippen LogP contribution >= 0.6 is 0 Å². The predicted octanol–water partition coefficient (Wildman–Crippen LogP) is 7.10. The summed E-state index contributed by atoms with van der Waals surface area (Å²) in [6.07, 6.45) is 1.28. The van der Waals surface area contributed by atoms with Crippen molar-refractivity contribution in [3.8, 4) is 0 Å². The summed E-state index contributed by atoms with van der Waals surface area (Å²) in [5.74, 6) is 0. The van der Waals surface area contributed by atoms with Crippen molar-refractivity contribution < 1.29 is 0 Å². The van der Waals surface area contributed by atoms with Crippen LogP contribution < -0.4 is 20.7 Å². The van der Waals surface area contributed by atoms with Crippen LogP contribution in [0.3, 0.4) is 0 Å². The Morgan fingerprint density at radius 1 is 0.400 bits per heavy atom. The van der Waals surface area contributed by atoms with Gasteiger partial charge in [0.15, 0.2) is 0 Å². The van der Waals surface area contributed by atoms with E-state index in [1.54, 1.807) is 20.7 Å². The standard InChI is InChI=1S/C37H42Si3/c1-38(32-33-20-9-4-10-21-33,40(3,36-26-15-7-16-27-36)37-28-17-8-18-29-37)30-19-31-39(2,34-22-11-5-12-23-34)35-24-13-6-14-25-35/h4-18,20-29H,19,30-32H2,1-3H3. The third-order valence-corrected chi connectivity index (χ3v) is 32.4. The van der Waals surface area contributed by atoms with Crippen LogP contribution in [0.15, 0.2) is 152 Å². The first-order valence-electron chi connectivity index (χ1n) is 14.7. The van der Waals surface area contributed by atoms with Gasteiger partial charge in [-0.25, -0.2) is 0 Å². The van der Waals surface area contributed by atoms with E-state index in [-0.39, 0.29) is 0 Å². The van der Waals surface area contributed by atoms with Crippen molar-refractivity contribution in [1.29, 1.82) is 0 Å². The molecule has 0 N–H and O–H groups in total. The topological polar surface area (TPSA) is 0 Å². The highest BCUT2D eigenvalue weighted by molar-refractivity contribution is 7.51. The summed E-state index contributed by atoms with van der Waals surface area (Å²) < 4.78 is 0. The van der Waals surface area contributed by atoms with Crippen molar-refractivity contribution in [2.24, 2.45) is 0 Å². The van der Waals surface area contributed by atoms with Crippen LogP contribution in [0.4, 0.5) is 0 Å². The maximum Gasteiger partial charge on any atom is 0.115 e. The summed E-state index contributed by atoms with van der Waals surface area (Å²) in [5, 5.41) is 6.30. The number of hydrogen-bond donors (Lipinski definition) is 0. The van der Waals surface area contributed by atoms with Gasteiger partial charge in [0.1, 0.15) is 15.7 Å². The fourth-order valence-electron chi connectivity index (χ4n) is 6.87. The maximum absolute atomic E-state index is 2.75. The zero-order valence-electron chi connectivity index (χ0n) is 24.3. The van der Waals surface area contributed by atoms with Gasteiger partial charge in [0.05, 0.1) is 7.59 Å². The van der Waals surface area contributed by atoms with E-state index < -0.39 is 23.3 Å². The molecule has 0 saturated heterocycles. The molecule has 0 radical (unpaired) electrons. The van der Waals surface area contributed by atoms with Crippen LogP contribution in [-0.2, 0) is 6.04 Å². The molecule has 0 spiro atoms. The Morgan fingerprint density at radius 2 is 0.750 bits per heavy atom. The van der Waals surface area contributed by atoms with Gasteiger partial charge < -0.3 is 0 Å². The molecule has 0 amide bonds.